The third kappa shape index (κ3) is 8.79. The first-order chi connectivity index (χ1) is 17.7. The number of hydrogen-bond acceptors (Lipinski definition) is 5. The molecular weight excluding hydrogens is 482 g/mol. The Morgan fingerprint density at radius 1 is 0.838 bits per heavy atom. The van der Waals surface area contributed by atoms with Crippen LogP contribution in [0.15, 0.2) is 72.8 Å². The van der Waals surface area contributed by atoms with Crippen LogP contribution in [0.5, 0.6) is 11.5 Å². The van der Waals surface area contributed by atoms with Crippen molar-refractivity contribution in [3.8, 4) is 11.5 Å². The number of phenols is 1. The Hall–Kier alpha value is -3.58. The lowest BCUT2D eigenvalue weighted by Crippen LogP contribution is -2.47. The number of rotatable bonds is 12. The number of phenolic OH excluding ortho intramolecular Hbond substituents is 1. The molecule has 3 aromatic rings. The zero-order valence-corrected chi connectivity index (χ0v) is 23.2. The topological polar surface area (TPSA) is 76.1 Å². The maximum atomic E-state index is 12.2. The number of aryl methyl sites for hydroxylation is 1. The number of esters is 1. The molecule has 0 aliphatic carbocycles. The van der Waals surface area contributed by atoms with Gasteiger partial charge in [0.25, 0.3) is 0 Å². The minimum absolute atomic E-state index is 0.0438. The average molecular weight is 520 g/mol. The van der Waals surface area contributed by atoms with Gasteiger partial charge in [-0.2, -0.15) is 0 Å². The van der Waals surface area contributed by atoms with Crippen LogP contribution >= 0.6 is 0 Å². The van der Waals surface area contributed by atoms with Gasteiger partial charge in [0.15, 0.2) is 0 Å². The Balaban J connectivity index is 1.53. The fourth-order valence-electron chi connectivity index (χ4n) is 4.00. The molecule has 0 saturated carbocycles. The second-order valence-electron chi connectivity index (χ2n) is 9.95. The van der Waals surface area contributed by atoms with Crippen molar-refractivity contribution in [3.63, 3.8) is 0 Å². The van der Waals surface area contributed by atoms with Crippen LogP contribution in [-0.4, -0.2) is 49.8 Å². The van der Waals surface area contributed by atoms with E-state index in [1.807, 2.05) is 41.3 Å². The SMILES string of the molecule is COC(=O)CCc1ccc(OC[Si](C)(C)c2ccc(CN(CCc3ccc(O)cc3)C(C)=O)cc2)cc1. The minimum Gasteiger partial charge on any atom is -0.508 e. The average Bonchev–Trinajstić information content (AvgIpc) is 2.90. The molecule has 0 spiro atoms. The summed E-state index contributed by atoms with van der Waals surface area (Å²) >= 11 is 0. The summed E-state index contributed by atoms with van der Waals surface area (Å²) in [7, 11) is -0.441. The van der Waals surface area contributed by atoms with E-state index in [1.165, 1.54) is 12.3 Å². The second kappa shape index (κ2) is 13.1. The highest BCUT2D eigenvalue weighted by Gasteiger charge is 2.25. The summed E-state index contributed by atoms with van der Waals surface area (Å²) in [6, 6.07) is 23.5. The number of carbonyl (C=O) groups excluding carboxylic acids is 2. The molecule has 0 atom stereocenters. The number of carbonyl (C=O) groups is 2. The lowest BCUT2D eigenvalue weighted by atomic mass is 10.1. The predicted molar refractivity (Wildman–Crippen MR) is 149 cm³/mol. The van der Waals surface area contributed by atoms with E-state index in [0.717, 1.165) is 28.9 Å². The van der Waals surface area contributed by atoms with Gasteiger partial charge in [-0.1, -0.05) is 66.8 Å². The summed E-state index contributed by atoms with van der Waals surface area (Å²) in [4.78, 5) is 25.4. The van der Waals surface area contributed by atoms with Gasteiger partial charge in [-0.15, -0.1) is 0 Å². The number of methoxy groups -OCH3 is 1. The molecule has 0 heterocycles. The molecule has 37 heavy (non-hydrogen) atoms. The van der Waals surface area contributed by atoms with Gasteiger partial charge in [-0.25, -0.2) is 0 Å². The predicted octanol–water partition coefficient (Wildman–Crippen LogP) is 4.62. The minimum atomic E-state index is -1.84. The number of benzene rings is 3. The van der Waals surface area contributed by atoms with Gasteiger partial charge in [0.05, 0.1) is 13.3 Å². The van der Waals surface area contributed by atoms with E-state index in [-0.39, 0.29) is 17.6 Å². The van der Waals surface area contributed by atoms with Crippen LogP contribution < -0.4 is 9.92 Å². The molecule has 1 N–H and O–H groups in total. The van der Waals surface area contributed by atoms with E-state index in [0.29, 0.717) is 32.2 Å². The zero-order chi connectivity index (χ0) is 26.8. The van der Waals surface area contributed by atoms with Crippen LogP contribution in [-0.2, 0) is 33.7 Å². The molecule has 0 bridgehead atoms. The fourth-order valence-corrected chi connectivity index (χ4v) is 5.77. The molecule has 3 aromatic carbocycles. The van der Waals surface area contributed by atoms with Crippen molar-refractivity contribution in [3.05, 3.63) is 89.5 Å². The van der Waals surface area contributed by atoms with E-state index in [9.17, 15) is 14.7 Å². The first kappa shape index (κ1) is 28.0. The van der Waals surface area contributed by atoms with Crippen LogP contribution in [0.25, 0.3) is 0 Å². The molecule has 1 amide bonds. The van der Waals surface area contributed by atoms with E-state index < -0.39 is 8.07 Å². The van der Waals surface area contributed by atoms with Gasteiger partial charge in [0, 0.05) is 26.4 Å². The smallest absolute Gasteiger partial charge is 0.305 e. The van der Waals surface area contributed by atoms with Gasteiger partial charge < -0.3 is 19.5 Å². The summed E-state index contributed by atoms with van der Waals surface area (Å²) in [5.74, 6) is 0.906. The van der Waals surface area contributed by atoms with Crippen molar-refractivity contribution >= 4 is 25.1 Å². The Morgan fingerprint density at radius 2 is 1.41 bits per heavy atom. The van der Waals surface area contributed by atoms with E-state index in [4.69, 9.17) is 9.47 Å². The Labute approximate surface area is 220 Å². The lowest BCUT2D eigenvalue weighted by molar-refractivity contribution is -0.140. The highest BCUT2D eigenvalue weighted by atomic mass is 28.3. The molecule has 6 nitrogen and oxygen atoms in total. The molecule has 0 fully saturated rings. The van der Waals surface area contributed by atoms with Crippen LogP contribution in [0.2, 0.25) is 13.1 Å². The quantitative estimate of drug-likeness (QED) is 0.279. The largest absolute Gasteiger partial charge is 0.508 e. The normalized spacial score (nSPS) is 11.1. The van der Waals surface area contributed by atoms with Gasteiger partial charge >= 0.3 is 5.97 Å². The Kier molecular flexibility index (Phi) is 9.91. The number of nitrogens with zero attached hydrogens (tertiary/aromatic N) is 1. The number of hydrogen-bond donors (Lipinski definition) is 1. The standard InChI is InChI=1S/C30H37NO5Si/c1-23(32)31(20-19-25-5-12-27(33)13-6-25)21-26-9-16-29(17-10-26)37(3,4)22-36-28-14-7-24(8-15-28)11-18-30(34)35-2/h5-10,12-17,33H,11,18-22H2,1-4H3. The molecule has 3 rings (SSSR count). The number of amides is 1. The zero-order valence-electron chi connectivity index (χ0n) is 22.2. The number of aromatic hydroxyl groups is 1. The van der Waals surface area contributed by atoms with E-state index in [1.54, 1.807) is 19.1 Å². The molecule has 0 aromatic heterocycles. The highest BCUT2D eigenvalue weighted by molar-refractivity contribution is 6.89. The van der Waals surface area contributed by atoms with Crippen molar-refractivity contribution in [1.82, 2.24) is 4.90 Å². The summed E-state index contributed by atoms with van der Waals surface area (Å²) in [6.07, 6.45) is 2.41. The maximum absolute atomic E-state index is 12.2. The molecule has 196 valence electrons. The van der Waals surface area contributed by atoms with Crippen LogP contribution in [0.1, 0.15) is 30.0 Å². The van der Waals surface area contributed by atoms with Crippen molar-refractivity contribution < 1.29 is 24.2 Å². The van der Waals surface area contributed by atoms with E-state index in [2.05, 4.69) is 37.4 Å². The van der Waals surface area contributed by atoms with Crippen molar-refractivity contribution in [2.75, 3.05) is 19.9 Å². The molecule has 0 aliphatic rings. The van der Waals surface area contributed by atoms with Gasteiger partial charge in [-0.05, 0) is 53.8 Å². The molecule has 0 radical (unpaired) electrons. The summed E-state index contributed by atoms with van der Waals surface area (Å²) in [5.41, 5.74) is 3.26. The number of ether oxygens (including phenoxy) is 2. The second-order valence-corrected chi connectivity index (χ2v) is 14.6. The first-order valence-corrected chi connectivity index (χ1v) is 15.8. The highest BCUT2D eigenvalue weighted by Crippen LogP contribution is 2.16. The molecule has 0 saturated heterocycles. The van der Waals surface area contributed by atoms with Crippen LogP contribution in [0, 0.1) is 0 Å². The van der Waals surface area contributed by atoms with Crippen LogP contribution in [0.4, 0.5) is 0 Å². The monoisotopic (exact) mass is 519 g/mol. The maximum Gasteiger partial charge on any atom is 0.305 e. The van der Waals surface area contributed by atoms with Crippen LogP contribution in [0.3, 0.4) is 0 Å². The molecular formula is C30H37NO5Si. The third-order valence-corrected chi connectivity index (χ3v) is 9.29. The molecule has 7 heteroatoms. The van der Waals surface area contributed by atoms with Gasteiger partial charge in [-0.3, -0.25) is 9.59 Å². The van der Waals surface area contributed by atoms with Crippen molar-refractivity contribution in [1.29, 1.82) is 0 Å². The Morgan fingerprint density at radius 3 is 2.00 bits per heavy atom. The van der Waals surface area contributed by atoms with Crippen molar-refractivity contribution in [2.45, 2.75) is 45.8 Å². The fraction of sp³-hybridized carbons (Fsp3) is 0.333. The van der Waals surface area contributed by atoms with Crippen molar-refractivity contribution in [2.24, 2.45) is 0 Å². The summed E-state index contributed by atoms with van der Waals surface area (Å²) in [5, 5.41) is 10.8. The lowest BCUT2D eigenvalue weighted by Gasteiger charge is -2.25. The molecule has 0 unspecified atom stereocenters. The van der Waals surface area contributed by atoms with E-state index >= 15 is 0 Å². The first-order valence-electron chi connectivity index (χ1n) is 12.6. The molecule has 0 aliphatic heterocycles. The summed E-state index contributed by atoms with van der Waals surface area (Å²) < 4.78 is 10.8. The van der Waals surface area contributed by atoms with Gasteiger partial charge in [0.1, 0.15) is 19.6 Å². The third-order valence-electron chi connectivity index (χ3n) is 6.53. The Bertz CT molecular complexity index is 1160. The van der Waals surface area contributed by atoms with Gasteiger partial charge in [0.2, 0.25) is 5.91 Å². The summed E-state index contributed by atoms with van der Waals surface area (Å²) in [6.45, 7) is 7.36.